The minimum Gasteiger partial charge on any atom is -0.340 e. The molecule has 2 aromatic carbocycles. The third kappa shape index (κ3) is 3.69. The highest BCUT2D eigenvalue weighted by Crippen LogP contribution is 2.35. The molecule has 2 aromatic rings. The van der Waals surface area contributed by atoms with Gasteiger partial charge in [-0.1, -0.05) is 24.3 Å². The van der Waals surface area contributed by atoms with E-state index in [0.717, 1.165) is 25.0 Å². The van der Waals surface area contributed by atoms with Gasteiger partial charge in [-0.3, -0.25) is 4.79 Å². The fourth-order valence-corrected chi connectivity index (χ4v) is 5.55. The van der Waals surface area contributed by atoms with Crippen LogP contribution in [0.15, 0.2) is 53.4 Å². The zero-order valence-corrected chi connectivity index (χ0v) is 16.4. The van der Waals surface area contributed by atoms with Gasteiger partial charge in [-0.25, -0.2) is 12.8 Å². The maximum Gasteiger partial charge on any atom is 0.243 e. The Hall–Kier alpha value is -2.25. The van der Waals surface area contributed by atoms with E-state index < -0.39 is 15.8 Å². The van der Waals surface area contributed by atoms with Crippen molar-refractivity contribution in [1.82, 2.24) is 9.21 Å². The minimum absolute atomic E-state index is 0.0799. The van der Waals surface area contributed by atoms with Crippen molar-refractivity contribution in [3.05, 3.63) is 65.5 Å². The topological polar surface area (TPSA) is 57.7 Å². The standard InChI is InChI=1S/C21H23FN2O3S/c22-18-7-9-19(10-8-18)28(26,27)24-13-11-23(12-14-24)21(25)15-17-6-5-16-3-1-2-4-20(16)17/h1-4,7-10,17H,5-6,11-15H2. The first-order chi connectivity index (χ1) is 13.4. The molecule has 1 saturated heterocycles. The van der Waals surface area contributed by atoms with Crippen LogP contribution < -0.4 is 0 Å². The summed E-state index contributed by atoms with van der Waals surface area (Å²) in [6.45, 7) is 1.28. The lowest BCUT2D eigenvalue weighted by atomic mass is 9.97. The Morgan fingerprint density at radius 2 is 1.68 bits per heavy atom. The Morgan fingerprint density at radius 1 is 1.00 bits per heavy atom. The number of sulfonamides is 1. The Morgan fingerprint density at radius 3 is 2.39 bits per heavy atom. The lowest BCUT2D eigenvalue weighted by molar-refractivity contribution is -0.132. The lowest BCUT2D eigenvalue weighted by Gasteiger charge is -2.34. The SMILES string of the molecule is O=C(CC1CCc2ccccc21)N1CCN(S(=O)(=O)c2ccc(F)cc2)CC1. The fraction of sp³-hybridized carbons (Fsp3) is 0.381. The Bertz CT molecular complexity index is 967. The Kier molecular flexibility index (Phi) is 5.21. The van der Waals surface area contributed by atoms with E-state index in [0.29, 0.717) is 19.5 Å². The van der Waals surface area contributed by atoms with Crippen molar-refractivity contribution < 1.29 is 17.6 Å². The second-order valence-corrected chi connectivity index (χ2v) is 9.32. The van der Waals surface area contributed by atoms with E-state index in [4.69, 9.17) is 0 Å². The largest absolute Gasteiger partial charge is 0.340 e. The Labute approximate surface area is 164 Å². The van der Waals surface area contributed by atoms with Crippen LogP contribution >= 0.6 is 0 Å². The molecule has 1 fully saturated rings. The summed E-state index contributed by atoms with van der Waals surface area (Å²) in [4.78, 5) is 14.6. The van der Waals surface area contributed by atoms with Crippen LogP contribution in [-0.2, 0) is 21.2 Å². The van der Waals surface area contributed by atoms with E-state index in [2.05, 4.69) is 12.1 Å². The molecule has 1 aliphatic heterocycles. The van der Waals surface area contributed by atoms with E-state index in [-0.39, 0.29) is 29.8 Å². The van der Waals surface area contributed by atoms with Crippen molar-refractivity contribution >= 4 is 15.9 Å². The van der Waals surface area contributed by atoms with Gasteiger partial charge in [0, 0.05) is 32.6 Å². The molecule has 4 rings (SSSR count). The van der Waals surface area contributed by atoms with Crippen LogP contribution in [0.5, 0.6) is 0 Å². The summed E-state index contributed by atoms with van der Waals surface area (Å²) in [5, 5.41) is 0. The quantitative estimate of drug-likeness (QED) is 0.790. The zero-order valence-electron chi connectivity index (χ0n) is 15.6. The molecule has 0 aromatic heterocycles. The molecule has 1 aliphatic carbocycles. The van der Waals surface area contributed by atoms with Crippen LogP contribution in [0.3, 0.4) is 0 Å². The van der Waals surface area contributed by atoms with Crippen molar-refractivity contribution in [2.45, 2.75) is 30.1 Å². The van der Waals surface area contributed by atoms with Gasteiger partial charge in [0.15, 0.2) is 0 Å². The normalized spacial score (nSPS) is 20.2. The first-order valence-electron chi connectivity index (χ1n) is 9.56. The lowest BCUT2D eigenvalue weighted by Crippen LogP contribution is -2.50. The van der Waals surface area contributed by atoms with Gasteiger partial charge < -0.3 is 4.90 Å². The van der Waals surface area contributed by atoms with Gasteiger partial charge in [-0.05, 0) is 54.2 Å². The predicted molar refractivity (Wildman–Crippen MR) is 104 cm³/mol. The summed E-state index contributed by atoms with van der Waals surface area (Å²) >= 11 is 0. The average molecular weight is 402 g/mol. The molecule has 1 atom stereocenters. The molecule has 0 N–H and O–H groups in total. The molecule has 28 heavy (non-hydrogen) atoms. The van der Waals surface area contributed by atoms with Crippen LogP contribution in [0.4, 0.5) is 4.39 Å². The highest BCUT2D eigenvalue weighted by Gasteiger charge is 2.32. The van der Waals surface area contributed by atoms with Crippen molar-refractivity contribution in [1.29, 1.82) is 0 Å². The summed E-state index contributed by atoms with van der Waals surface area (Å²) in [5.74, 6) is -0.131. The van der Waals surface area contributed by atoms with Crippen molar-refractivity contribution in [2.24, 2.45) is 0 Å². The Balaban J connectivity index is 1.36. The third-order valence-corrected chi connectivity index (χ3v) is 7.63. The average Bonchev–Trinajstić information content (AvgIpc) is 3.11. The van der Waals surface area contributed by atoms with Crippen LogP contribution in [-0.4, -0.2) is 49.7 Å². The van der Waals surface area contributed by atoms with Crippen LogP contribution in [0.1, 0.15) is 29.9 Å². The van der Waals surface area contributed by atoms with Gasteiger partial charge in [-0.15, -0.1) is 0 Å². The number of halogens is 1. The second-order valence-electron chi connectivity index (χ2n) is 7.38. The number of benzene rings is 2. The highest BCUT2D eigenvalue weighted by atomic mass is 32.2. The molecule has 0 bridgehead atoms. The molecule has 5 nitrogen and oxygen atoms in total. The van der Waals surface area contributed by atoms with Gasteiger partial charge in [0.1, 0.15) is 5.82 Å². The minimum atomic E-state index is -3.66. The number of piperazine rings is 1. The van der Waals surface area contributed by atoms with E-state index in [1.54, 1.807) is 4.90 Å². The third-order valence-electron chi connectivity index (χ3n) is 5.72. The van der Waals surface area contributed by atoms with Crippen molar-refractivity contribution in [3.8, 4) is 0 Å². The molecule has 1 amide bonds. The second kappa shape index (κ2) is 7.64. The molecule has 1 unspecified atom stereocenters. The van der Waals surface area contributed by atoms with Crippen molar-refractivity contribution in [2.75, 3.05) is 26.2 Å². The smallest absolute Gasteiger partial charge is 0.243 e. The van der Waals surface area contributed by atoms with E-state index in [9.17, 15) is 17.6 Å². The summed E-state index contributed by atoms with van der Waals surface area (Å²) in [6.07, 6.45) is 2.48. The van der Waals surface area contributed by atoms with Gasteiger partial charge in [-0.2, -0.15) is 4.31 Å². The molecular formula is C21H23FN2O3S. The van der Waals surface area contributed by atoms with Crippen molar-refractivity contribution in [3.63, 3.8) is 0 Å². The molecule has 0 spiro atoms. The number of carbonyl (C=O) groups is 1. The molecule has 0 saturated carbocycles. The molecule has 7 heteroatoms. The monoisotopic (exact) mass is 402 g/mol. The van der Waals surface area contributed by atoms with Crippen LogP contribution in [0.25, 0.3) is 0 Å². The summed E-state index contributed by atoms with van der Waals surface area (Å²) in [6, 6.07) is 13.1. The molecule has 2 aliphatic rings. The van der Waals surface area contributed by atoms with Gasteiger partial charge in [0.25, 0.3) is 0 Å². The van der Waals surface area contributed by atoms with E-state index in [1.165, 1.54) is 27.6 Å². The number of nitrogens with zero attached hydrogens (tertiary/aromatic N) is 2. The summed E-state index contributed by atoms with van der Waals surface area (Å²) in [5.41, 5.74) is 2.60. The number of fused-ring (bicyclic) bond motifs is 1. The molecule has 0 radical (unpaired) electrons. The predicted octanol–water partition coefficient (Wildman–Crippen LogP) is 2.78. The number of hydrogen-bond acceptors (Lipinski definition) is 3. The fourth-order valence-electron chi connectivity index (χ4n) is 4.13. The van der Waals surface area contributed by atoms with Gasteiger partial charge >= 0.3 is 0 Å². The zero-order chi connectivity index (χ0) is 19.7. The van der Waals surface area contributed by atoms with Crippen LogP contribution in [0.2, 0.25) is 0 Å². The highest BCUT2D eigenvalue weighted by molar-refractivity contribution is 7.89. The molecular weight excluding hydrogens is 379 g/mol. The first kappa shape index (κ1) is 19.1. The maximum atomic E-state index is 13.1. The van der Waals surface area contributed by atoms with E-state index >= 15 is 0 Å². The number of hydrogen-bond donors (Lipinski definition) is 0. The van der Waals surface area contributed by atoms with Gasteiger partial charge in [0.05, 0.1) is 4.90 Å². The molecule has 1 heterocycles. The number of rotatable bonds is 4. The summed E-state index contributed by atoms with van der Waals surface area (Å²) in [7, 11) is -3.66. The maximum absolute atomic E-state index is 13.1. The van der Waals surface area contributed by atoms with E-state index in [1.807, 2.05) is 12.1 Å². The number of carbonyl (C=O) groups excluding carboxylic acids is 1. The van der Waals surface area contributed by atoms with Crippen LogP contribution in [0, 0.1) is 5.82 Å². The van der Waals surface area contributed by atoms with Gasteiger partial charge in [0.2, 0.25) is 15.9 Å². The number of aryl methyl sites for hydroxylation is 1. The first-order valence-corrected chi connectivity index (χ1v) is 11.0. The molecule has 148 valence electrons. The summed E-state index contributed by atoms with van der Waals surface area (Å²) < 4.78 is 39.8. The number of amides is 1.